The molecule has 1 N–H and O–H groups in total. The number of nitrogens with zero attached hydrogens (tertiary/aromatic N) is 1. The van der Waals surface area contributed by atoms with Gasteiger partial charge in [-0.2, -0.15) is 0 Å². The lowest BCUT2D eigenvalue weighted by Gasteiger charge is -2.28. The Kier molecular flexibility index (Phi) is 6.66. The van der Waals surface area contributed by atoms with Crippen molar-refractivity contribution < 1.29 is 23.1 Å². The van der Waals surface area contributed by atoms with Crippen molar-refractivity contribution in [2.24, 2.45) is 0 Å². The maximum absolute atomic E-state index is 13.9. The first kappa shape index (κ1) is 19.4. The van der Waals surface area contributed by atoms with E-state index in [0.717, 1.165) is 0 Å². The van der Waals surface area contributed by atoms with Gasteiger partial charge in [0.25, 0.3) is 5.91 Å². The number of hydrogen-bond donors (Lipinski definition) is 1. The summed E-state index contributed by atoms with van der Waals surface area (Å²) in [5.74, 6) is -1.43. The van der Waals surface area contributed by atoms with Gasteiger partial charge in [0.1, 0.15) is 23.4 Å². The summed E-state index contributed by atoms with van der Waals surface area (Å²) in [7, 11) is 1.46. The summed E-state index contributed by atoms with van der Waals surface area (Å²) < 4.78 is 32.2. The fraction of sp³-hybridized carbons (Fsp3) is 0.263. The predicted molar refractivity (Wildman–Crippen MR) is 92.4 cm³/mol. The van der Waals surface area contributed by atoms with Crippen LogP contribution in [0.5, 0.6) is 5.75 Å². The summed E-state index contributed by atoms with van der Waals surface area (Å²) in [5, 5.41) is 2.47. The summed E-state index contributed by atoms with van der Waals surface area (Å²) in [4.78, 5) is 25.8. The van der Waals surface area contributed by atoms with Crippen molar-refractivity contribution in [3.05, 3.63) is 65.7 Å². The van der Waals surface area contributed by atoms with Gasteiger partial charge in [0.15, 0.2) is 6.61 Å². The Hall–Kier alpha value is -2.96. The van der Waals surface area contributed by atoms with Crippen LogP contribution >= 0.6 is 0 Å². The molecule has 0 bridgehead atoms. The Bertz CT molecular complexity index is 766. The van der Waals surface area contributed by atoms with Crippen molar-refractivity contribution in [1.82, 2.24) is 10.2 Å². The van der Waals surface area contributed by atoms with Gasteiger partial charge in [-0.05, 0) is 37.3 Å². The molecule has 7 heteroatoms. The van der Waals surface area contributed by atoms with Crippen LogP contribution in [0.2, 0.25) is 0 Å². The van der Waals surface area contributed by atoms with E-state index in [0.29, 0.717) is 11.3 Å². The van der Waals surface area contributed by atoms with E-state index in [4.69, 9.17) is 4.74 Å². The molecule has 0 aliphatic heterocycles. The van der Waals surface area contributed by atoms with Gasteiger partial charge in [0.05, 0.1) is 0 Å². The summed E-state index contributed by atoms with van der Waals surface area (Å²) in [6.45, 7) is 1.11. The lowest BCUT2D eigenvalue weighted by atomic mass is 10.1. The van der Waals surface area contributed by atoms with E-state index in [1.807, 2.05) is 0 Å². The number of amides is 2. The Morgan fingerprint density at radius 3 is 2.38 bits per heavy atom. The molecule has 0 unspecified atom stereocenters. The van der Waals surface area contributed by atoms with Gasteiger partial charge in [0, 0.05) is 19.2 Å². The number of halogens is 2. The fourth-order valence-corrected chi connectivity index (χ4v) is 2.36. The van der Waals surface area contributed by atoms with Crippen LogP contribution in [0.25, 0.3) is 0 Å². The van der Waals surface area contributed by atoms with Gasteiger partial charge in [-0.3, -0.25) is 9.59 Å². The summed E-state index contributed by atoms with van der Waals surface area (Å²) in [5.41, 5.74) is 0.290. The number of ether oxygens (including phenoxy) is 1. The van der Waals surface area contributed by atoms with Crippen LogP contribution in [0.3, 0.4) is 0 Å². The highest BCUT2D eigenvalue weighted by Gasteiger charge is 2.26. The molecule has 0 aliphatic carbocycles. The third kappa shape index (κ3) is 5.02. The molecule has 0 heterocycles. The van der Waals surface area contributed by atoms with Crippen LogP contribution in [-0.4, -0.2) is 36.4 Å². The highest BCUT2D eigenvalue weighted by Crippen LogP contribution is 2.15. The standard InChI is InChI=1S/C19H20F2N2O3/c1-13(19(25)22-2)23(11-14-5-3-4-6-17(14)21)18(24)12-26-16-9-7-15(20)8-10-16/h3-10,13H,11-12H2,1-2H3,(H,22,25)/t13-/m1/s1. The number of benzene rings is 2. The van der Waals surface area contributed by atoms with Crippen LogP contribution in [0.1, 0.15) is 12.5 Å². The number of hydrogen-bond acceptors (Lipinski definition) is 3. The molecule has 2 rings (SSSR count). The Morgan fingerprint density at radius 1 is 1.12 bits per heavy atom. The van der Waals surface area contributed by atoms with E-state index >= 15 is 0 Å². The molecular weight excluding hydrogens is 342 g/mol. The van der Waals surface area contributed by atoms with E-state index in [2.05, 4.69) is 5.32 Å². The zero-order valence-electron chi connectivity index (χ0n) is 14.5. The predicted octanol–water partition coefficient (Wildman–Crippen LogP) is 2.51. The first-order valence-corrected chi connectivity index (χ1v) is 8.05. The van der Waals surface area contributed by atoms with Gasteiger partial charge in [-0.15, -0.1) is 0 Å². The van der Waals surface area contributed by atoms with Gasteiger partial charge >= 0.3 is 0 Å². The second kappa shape index (κ2) is 8.94. The van der Waals surface area contributed by atoms with Gasteiger partial charge in [-0.1, -0.05) is 18.2 Å². The van der Waals surface area contributed by atoms with Gasteiger partial charge < -0.3 is 15.0 Å². The number of carbonyl (C=O) groups is 2. The molecule has 1 atom stereocenters. The highest BCUT2D eigenvalue weighted by atomic mass is 19.1. The Labute approximate surface area is 150 Å². The maximum atomic E-state index is 13.9. The quantitative estimate of drug-likeness (QED) is 0.823. The zero-order chi connectivity index (χ0) is 19.1. The maximum Gasteiger partial charge on any atom is 0.261 e. The molecule has 26 heavy (non-hydrogen) atoms. The molecule has 2 aromatic carbocycles. The molecule has 0 fully saturated rings. The largest absolute Gasteiger partial charge is 0.484 e. The van der Waals surface area contributed by atoms with Crippen molar-refractivity contribution in [1.29, 1.82) is 0 Å². The van der Waals surface area contributed by atoms with E-state index in [9.17, 15) is 18.4 Å². The summed E-state index contributed by atoms with van der Waals surface area (Å²) in [6, 6.07) is 10.4. The van der Waals surface area contributed by atoms with Crippen molar-refractivity contribution in [2.45, 2.75) is 19.5 Å². The molecule has 0 saturated carbocycles. The third-order valence-electron chi connectivity index (χ3n) is 3.89. The Balaban J connectivity index is 2.13. The topological polar surface area (TPSA) is 58.6 Å². The second-order valence-corrected chi connectivity index (χ2v) is 5.65. The molecule has 0 spiro atoms. The molecule has 2 amide bonds. The normalized spacial score (nSPS) is 11.5. The number of likely N-dealkylation sites (N-methyl/N-ethyl adjacent to an activating group) is 1. The molecule has 5 nitrogen and oxygen atoms in total. The monoisotopic (exact) mass is 362 g/mol. The first-order valence-electron chi connectivity index (χ1n) is 8.05. The Morgan fingerprint density at radius 2 is 1.77 bits per heavy atom. The average molecular weight is 362 g/mol. The zero-order valence-corrected chi connectivity index (χ0v) is 14.5. The number of carbonyl (C=O) groups excluding carboxylic acids is 2. The second-order valence-electron chi connectivity index (χ2n) is 5.65. The number of nitrogens with one attached hydrogen (secondary N) is 1. The van der Waals surface area contributed by atoms with E-state index in [1.165, 1.54) is 42.3 Å². The molecule has 0 aromatic heterocycles. The number of rotatable bonds is 7. The average Bonchev–Trinajstić information content (AvgIpc) is 2.65. The van der Waals surface area contributed by atoms with Crippen molar-refractivity contribution in [3.63, 3.8) is 0 Å². The summed E-state index contributed by atoms with van der Waals surface area (Å²) in [6.07, 6.45) is 0. The van der Waals surface area contributed by atoms with Crippen LogP contribution in [0, 0.1) is 11.6 Å². The minimum absolute atomic E-state index is 0.0765. The fourth-order valence-electron chi connectivity index (χ4n) is 2.36. The van der Waals surface area contributed by atoms with E-state index < -0.39 is 23.6 Å². The highest BCUT2D eigenvalue weighted by molar-refractivity contribution is 5.87. The van der Waals surface area contributed by atoms with Crippen molar-refractivity contribution in [2.75, 3.05) is 13.7 Å². The third-order valence-corrected chi connectivity index (χ3v) is 3.89. The van der Waals surface area contributed by atoms with Crippen molar-refractivity contribution in [3.8, 4) is 5.75 Å². The lowest BCUT2D eigenvalue weighted by molar-refractivity contribution is -0.142. The van der Waals surface area contributed by atoms with Crippen LogP contribution in [0.4, 0.5) is 8.78 Å². The SMILES string of the molecule is CNC(=O)[C@@H](C)N(Cc1ccccc1F)C(=O)COc1ccc(F)cc1. The van der Waals surface area contributed by atoms with Crippen LogP contribution in [-0.2, 0) is 16.1 Å². The molecule has 0 aliphatic rings. The molecule has 2 aromatic rings. The van der Waals surface area contributed by atoms with E-state index in [1.54, 1.807) is 25.1 Å². The molecule has 138 valence electrons. The van der Waals surface area contributed by atoms with E-state index in [-0.39, 0.29) is 19.1 Å². The minimum Gasteiger partial charge on any atom is -0.484 e. The first-order chi connectivity index (χ1) is 12.4. The van der Waals surface area contributed by atoms with Gasteiger partial charge in [0.2, 0.25) is 5.91 Å². The van der Waals surface area contributed by atoms with Gasteiger partial charge in [-0.25, -0.2) is 8.78 Å². The molecule has 0 saturated heterocycles. The summed E-state index contributed by atoms with van der Waals surface area (Å²) >= 11 is 0. The molecular formula is C19H20F2N2O3. The van der Waals surface area contributed by atoms with Crippen molar-refractivity contribution >= 4 is 11.8 Å². The molecule has 0 radical (unpaired) electrons. The van der Waals surface area contributed by atoms with Crippen LogP contribution < -0.4 is 10.1 Å². The minimum atomic E-state index is -0.816. The smallest absolute Gasteiger partial charge is 0.261 e. The lowest BCUT2D eigenvalue weighted by Crippen LogP contribution is -2.48. The van der Waals surface area contributed by atoms with Crippen LogP contribution in [0.15, 0.2) is 48.5 Å².